The summed E-state index contributed by atoms with van der Waals surface area (Å²) in [4.78, 5) is 0. The molecule has 0 unspecified atom stereocenters. The predicted molar refractivity (Wildman–Crippen MR) is 58.6 cm³/mol. The Morgan fingerprint density at radius 3 is 3.00 bits per heavy atom. The summed E-state index contributed by atoms with van der Waals surface area (Å²) in [7, 11) is 0. The molecule has 1 aromatic carbocycles. The van der Waals surface area contributed by atoms with Gasteiger partial charge in [0.1, 0.15) is 5.82 Å². The average Bonchev–Trinajstić information content (AvgIpc) is 2.69. The Bertz CT molecular complexity index is 486. The first kappa shape index (κ1) is 10.6. The van der Waals surface area contributed by atoms with Gasteiger partial charge in [0, 0.05) is 10.5 Å². The summed E-state index contributed by atoms with van der Waals surface area (Å²) in [6, 6.07) is 4.35. The Morgan fingerprint density at radius 2 is 2.27 bits per heavy atom. The molecular weight excluding hydrogens is 284 g/mol. The highest BCUT2D eigenvalue weighted by molar-refractivity contribution is 9.10. The van der Waals surface area contributed by atoms with Crippen molar-refractivity contribution in [2.24, 2.45) is 0 Å². The lowest BCUT2D eigenvalue weighted by Gasteiger charge is -2.06. The second kappa shape index (κ2) is 4.28. The molecule has 3 nitrogen and oxygen atoms in total. The number of nitrogens with zero attached hydrogens (tertiary/aromatic N) is 3. The van der Waals surface area contributed by atoms with Gasteiger partial charge in [-0.3, -0.25) is 0 Å². The van der Waals surface area contributed by atoms with Gasteiger partial charge in [-0.05, 0) is 28.1 Å². The Hall–Kier alpha value is -0.940. The SMILES string of the molecule is Fc1ccc(Br)c(-n2nncc2CCl)c1. The van der Waals surface area contributed by atoms with Crippen LogP contribution in [0, 0.1) is 5.82 Å². The van der Waals surface area contributed by atoms with E-state index in [-0.39, 0.29) is 11.7 Å². The lowest BCUT2D eigenvalue weighted by molar-refractivity contribution is 0.623. The fourth-order valence-corrected chi connectivity index (χ4v) is 1.80. The van der Waals surface area contributed by atoms with E-state index in [1.54, 1.807) is 12.3 Å². The van der Waals surface area contributed by atoms with Crippen molar-refractivity contribution < 1.29 is 4.39 Å². The van der Waals surface area contributed by atoms with Crippen LogP contribution in [0.25, 0.3) is 5.69 Å². The molecule has 0 bridgehead atoms. The maximum absolute atomic E-state index is 13.1. The summed E-state index contributed by atoms with van der Waals surface area (Å²) >= 11 is 9.02. The molecule has 2 rings (SSSR count). The molecule has 0 spiro atoms. The van der Waals surface area contributed by atoms with Gasteiger partial charge in [0.05, 0.1) is 23.5 Å². The van der Waals surface area contributed by atoms with Gasteiger partial charge in [0.25, 0.3) is 0 Å². The van der Waals surface area contributed by atoms with E-state index in [9.17, 15) is 4.39 Å². The van der Waals surface area contributed by atoms with Gasteiger partial charge in [0.15, 0.2) is 0 Å². The molecule has 15 heavy (non-hydrogen) atoms. The standard InChI is InChI=1S/C9H6BrClFN3/c10-8-2-1-6(12)3-9(8)15-7(4-11)5-13-14-15/h1-3,5H,4H2. The molecule has 0 saturated heterocycles. The molecule has 0 saturated carbocycles. The number of hydrogen-bond acceptors (Lipinski definition) is 2. The highest BCUT2D eigenvalue weighted by Crippen LogP contribution is 2.22. The topological polar surface area (TPSA) is 30.7 Å². The fraction of sp³-hybridized carbons (Fsp3) is 0.111. The Kier molecular flexibility index (Phi) is 3.02. The molecule has 0 N–H and O–H groups in total. The van der Waals surface area contributed by atoms with E-state index in [2.05, 4.69) is 26.2 Å². The van der Waals surface area contributed by atoms with Crippen LogP contribution < -0.4 is 0 Å². The van der Waals surface area contributed by atoms with Gasteiger partial charge in [-0.15, -0.1) is 16.7 Å². The van der Waals surface area contributed by atoms with Crippen LogP contribution in [-0.2, 0) is 5.88 Å². The molecule has 0 aliphatic rings. The molecule has 0 fully saturated rings. The zero-order valence-electron chi connectivity index (χ0n) is 7.49. The van der Waals surface area contributed by atoms with E-state index in [1.807, 2.05) is 0 Å². The summed E-state index contributed by atoms with van der Waals surface area (Å²) in [5.41, 5.74) is 1.30. The van der Waals surface area contributed by atoms with Gasteiger partial charge < -0.3 is 0 Å². The number of hydrogen-bond donors (Lipinski definition) is 0. The van der Waals surface area contributed by atoms with Crippen LogP contribution in [-0.4, -0.2) is 15.0 Å². The number of alkyl halides is 1. The van der Waals surface area contributed by atoms with E-state index < -0.39 is 0 Å². The van der Waals surface area contributed by atoms with Crippen LogP contribution in [0.5, 0.6) is 0 Å². The molecule has 1 aromatic heterocycles. The number of halogens is 3. The largest absolute Gasteiger partial charge is 0.215 e. The molecule has 0 aliphatic heterocycles. The highest BCUT2D eigenvalue weighted by atomic mass is 79.9. The van der Waals surface area contributed by atoms with Crippen molar-refractivity contribution >= 4 is 27.5 Å². The Morgan fingerprint density at radius 1 is 1.47 bits per heavy atom. The van der Waals surface area contributed by atoms with E-state index in [4.69, 9.17) is 11.6 Å². The van der Waals surface area contributed by atoms with Crippen LogP contribution in [0.3, 0.4) is 0 Å². The maximum Gasteiger partial charge on any atom is 0.125 e. The molecule has 6 heteroatoms. The minimum atomic E-state index is -0.329. The highest BCUT2D eigenvalue weighted by Gasteiger charge is 2.09. The summed E-state index contributed by atoms with van der Waals surface area (Å²) in [5.74, 6) is -0.0557. The third-order valence-electron chi connectivity index (χ3n) is 1.89. The Labute approximate surface area is 99.0 Å². The van der Waals surface area contributed by atoms with Crippen molar-refractivity contribution in [2.45, 2.75) is 5.88 Å². The minimum absolute atomic E-state index is 0.274. The second-order valence-electron chi connectivity index (χ2n) is 2.87. The number of benzene rings is 1. The summed E-state index contributed by atoms with van der Waals surface area (Å²) in [6.45, 7) is 0. The molecule has 0 atom stereocenters. The van der Waals surface area contributed by atoms with Gasteiger partial charge >= 0.3 is 0 Å². The number of aromatic nitrogens is 3. The van der Waals surface area contributed by atoms with Gasteiger partial charge in [-0.25, -0.2) is 9.07 Å². The smallest absolute Gasteiger partial charge is 0.125 e. The van der Waals surface area contributed by atoms with Gasteiger partial charge in [-0.2, -0.15) is 0 Å². The van der Waals surface area contributed by atoms with E-state index in [0.717, 1.165) is 4.47 Å². The lowest BCUT2D eigenvalue weighted by atomic mass is 10.3. The third-order valence-corrected chi connectivity index (χ3v) is 2.84. The van der Waals surface area contributed by atoms with Crippen LogP contribution >= 0.6 is 27.5 Å². The fourth-order valence-electron chi connectivity index (χ4n) is 1.20. The third kappa shape index (κ3) is 2.03. The van der Waals surface area contributed by atoms with E-state index >= 15 is 0 Å². The van der Waals surface area contributed by atoms with Crippen LogP contribution in [0.15, 0.2) is 28.9 Å². The van der Waals surface area contributed by atoms with Crippen molar-refractivity contribution in [3.05, 3.63) is 40.4 Å². The first-order valence-corrected chi connectivity index (χ1v) is 5.46. The van der Waals surface area contributed by atoms with Crippen LogP contribution in [0.4, 0.5) is 4.39 Å². The zero-order valence-corrected chi connectivity index (χ0v) is 9.83. The zero-order chi connectivity index (χ0) is 10.8. The molecular formula is C9H6BrClFN3. The van der Waals surface area contributed by atoms with Crippen molar-refractivity contribution in [1.82, 2.24) is 15.0 Å². The normalized spacial score (nSPS) is 10.6. The summed E-state index contributed by atoms with van der Waals surface area (Å²) in [5, 5.41) is 7.57. The molecule has 0 amide bonds. The predicted octanol–water partition coefficient (Wildman–Crippen LogP) is 2.91. The van der Waals surface area contributed by atoms with Crippen molar-refractivity contribution in [3.8, 4) is 5.69 Å². The van der Waals surface area contributed by atoms with E-state index in [0.29, 0.717) is 11.4 Å². The first-order valence-electron chi connectivity index (χ1n) is 4.13. The molecule has 1 heterocycles. The lowest BCUT2D eigenvalue weighted by Crippen LogP contribution is -2.02. The Balaban J connectivity index is 2.58. The quantitative estimate of drug-likeness (QED) is 0.796. The van der Waals surface area contributed by atoms with Crippen molar-refractivity contribution in [3.63, 3.8) is 0 Å². The average molecular weight is 291 g/mol. The van der Waals surface area contributed by atoms with Crippen LogP contribution in [0.2, 0.25) is 0 Å². The monoisotopic (exact) mass is 289 g/mol. The summed E-state index contributed by atoms with van der Waals surface area (Å²) in [6.07, 6.45) is 1.55. The molecule has 0 radical (unpaired) electrons. The van der Waals surface area contributed by atoms with Crippen molar-refractivity contribution in [2.75, 3.05) is 0 Å². The van der Waals surface area contributed by atoms with Gasteiger partial charge in [0.2, 0.25) is 0 Å². The van der Waals surface area contributed by atoms with E-state index in [1.165, 1.54) is 16.8 Å². The molecule has 78 valence electrons. The number of rotatable bonds is 2. The van der Waals surface area contributed by atoms with Gasteiger partial charge in [-0.1, -0.05) is 5.21 Å². The van der Waals surface area contributed by atoms with Crippen molar-refractivity contribution in [1.29, 1.82) is 0 Å². The second-order valence-corrected chi connectivity index (χ2v) is 3.99. The summed E-state index contributed by atoms with van der Waals surface area (Å²) < 4.78 is 15.3. The van der Waals surface area contributed by atoms with Crippen LogP contribution in [0.1, 0.15) is 5.69 Å². The minimum Gasteiger partial charge on any atom is -0.215 e. The first-order chi connectivity index (χ1) is 7.22. The maximum atomic E-state index is 13.1. The molecule has 2 aromatic rings. The molecule has 0 aliphatic carbocycles.